The zero-order chi connectivity index (χ0) is 16.3. The van der Waals surface area contributed by atoms with E-state index >= 15 is 0 Å². The molecule has 22 heavy (non-hydrogen) atoms. The van der Waals surface area contributed by atoms with E-state index in [0.29, 0.717) is 28.5 Å². The van der Waals surface area contributed by atoms with Gasteiger partial charge in [0.15, 0.2) is 5.96 Å². The van der Waals surface area contributed by atoms with E-state index in [-0.39, 0.29) is 17.3 Å². The van der Waals surface area contributed by atoms with Gasteiger partial charge in [-0.15, -0.1) is 0 Å². The number of rotatable bonds is 5. The average molecular weight is 352 g/mol. The Hall–Kier alpha value is -1.27. The van der Waals surface area contributed by atoms with Crippen LogP contribution in [0.5, 0.6) is 5.75 Å². The van der Waals surface area contributed by atoms with Crippen molar-refractivity contribution in [1.82, 2.24) is 10.6 Å². The molecule has 1 aromatic carbocycles. The van der Waals surface area contributed by atoms with Crippen molar-refractivity contribution >= 4 is 29.2 Å². The predicted molar refractivity (Wildman–Crippen MR) is 84.0 cm³/mol. The minimum Gasteiger partial charge on any atom is -0.433 e. The van der Waals surface area contributed by atoms with E-state index < -0.39 is 6.61 Å². The fourth-order valence-corrected chi connectivity index (χ4v) is 2.62. The topological polar surface area (TPSA) is 45.7 Å². The first-order valence-electron chi connectivity index (χ1n) is 6.80. The third kappa shape index (κ3) is 4.61. The number of guanidine groups is 1. The number of halogens is 4. The highest BCUT2D eigenvalue weighted by atomic mass is 35.5. The summed E-state index contributed by atoms with van der Waals surface area (Å²) in [6.07, 6.45) is 1.09. The summed E-state index contributed by atoms with van der Waals surface area (Å²) >= 11 is 11.8. The van der Waals surface area contributed by atoms with E-state index in [1.165, 1.54) is 12.1 Å². The Morgan fingerprint density at radius 3 is 2.68 bits per heavy atom. The Balaban J connectivity index is 2.07. The maximum atomic E-state index is 12.5. The second-order valence-electron chi connectivity index (χ2n) is 5.14. The molecule has 2 atom stereocenters. The molecule has 0 heterocycles. The highest BCUT2D eigenvalue weighted by Gasteiger charge is 2.33. The molecule has 0 radical (unpaired) electrons. The Labute approximate surface area is 137 Å². The van der Waals surface area contributed by atoms with E-state index in [4.69, 9.17) is 23.2 Å². The van der Waals surface area contributed by atoms with Crippen LogP contribution in [0.1, 0.15) is 18.9 Å². The molecule has 0 aromatic heterocycles. The first-order valence-corrected chi connectivity index (χ1v) is 7.56. The van der Waals surface area contributed by atoms with Gasteiger partial charge in [0.05, 0.1) is 5.02 Å². The van der Waals surface area contributed by atoms with Crippen LogP contribution in [0.2, 0.25) is 10.0 Å². The van der Waals surface area contributed by atoms with Crippen molar-refractivity contribution < 1.29 is 13.5 Å². The molecule has 2 unspecified atom stereocenters. The largest absolute Gasteiger partial charge is 0.433 e. The molecule has 0 bridgehead atoms. The fraction of sp³-hybridized carbons (Fsp3) is 0.500. The fourth-order valence-electron chi connectivity index (χ4n) is 2.04. The SMILES string of the molecule is CN=C(NCc1cc(Cl)cc(Cl)c1OC(F)F)NC1CC1C. The summed E-state index contributed by atoms with van der Waals surface area (Å²) in [5, 5.41) is 6.67. The third-order valence-electron chi connectivity index (χ3n) is 3.39. The van der Waals surface area contributed by atoms with Gasteiger partial charge in [0.25, 0.3) is 0 Å². The lowest BCUT2D eigenvalue weighted by molar-refractivity contribution is -0.0504. The highest BCUT2D eigenvalue weighted by Crippen LogP contribution is 2.33. The molecule has 1 aliphatic rings. The average Bonchev–Trinajstić information content (AvgIpc) is 3.13. The summed E-state index contributed by atoms with van der Waals surface area (Å²) < 4.78 is 29.5. The number of nitrogens with one attached hydrogen (secondary N) is 2. The lowest BCUT2D eigenvalue weighted by Gasteiger charge is -2.16. The lowest BCUT2D eigenvalue weighted by atomic mass is 10.2. The summed E-state index contributed by atoms with van der Waals surface area (Å²) in [5.74, 6) is 1.12. The molecule has 0 amide bonds. The Bertz CT molecular complexity index is 569. The van der Waals surface area contributed by atoms with Crippen molar-refractivity contribution in [3.63, 3.8) is 0 Å². The van der Waals surface area contributed by atoms with E-state index in [0.717, 1.165) is 6.42 Å². The van der Waals surface area contributed by atoms with Gasteiger partial charge in [-0.1, -0.05) is 30.1 Å². The Morgan fingerprint density at radius 2 is 2.14 bits per heavy atom. The zero-order valence-electron chi connectivity index (χ0n) is 12.2. The van der Waals surface area contributed by atoms with Crippen molar-refractivity contribution in [1.29, 1.82) is 0 Å². The number of benzene rings is 1. The molecule has 0 aliphatic heterocycles. The van der Waals surface area contributed by atoms with Gasteiger partial charge in [-0.25, -0.2) is 0 Å². The second kappa shape index (κ2) is 7.33. The molecular formula is C14H17Cl2F2N3O. The molecule has 0 spiro atoms. The smallest absolute Gasteiger partial charge is 0.387 e. The van der Waals surface area contributed by atoms with Gasteiger partial charge in [-0.3, -0.25) is 4.99 Å². The van der Waals surface area contributed by atoms with Crippen LogP contribution >= 0.6 is 23.2 Å². The summed E-state index contributed by atoms with van der Waals surface area (Å²) in [4.78, 5) is 4.09. The van der Waals surface area contributed by atoms with Crippen LogP contribution in [0.15, 0.2) is 17.1 Å². The molecule has 4 nitrogen and oxygen atoms in total. The Kier molecular flexibility index (Phi) is 5.69. The summed E-state index contributed by atoms with van der Waals surface area (Å²) in [6, 6.07) is 3.29. The first kappa shape index (κ1) is 17.1. The second-order valence-corrected chi connectivity index (χ2v) is 5.99. The van der Waals surface area contributed by atoms with Crippen molar-refractivity contribution in [3.8, 4) is 5.75 Å². The van der Waals surface area contributed by atoms with E-state index in [9.17, 15) is 8.78 Å². The highest BCUT2D eigenvalue weighted by molar-refractivity contribution is 6.35. The monoisotopic (exact) mass is 351 g/mol. The van der Waals surface area contributed by atoms with Crippen LogP contribution in [-0.4, -0.2) is 25.7 Å². The molecule has 0 saturated heterocycles. The van der Waals surface area contributed by atoms with Crippen LogP contribution in [-0.2, 0) is 6.54 Å². The molecule has 1 fully saturated rings. The van der Waals surface area contributed by atoms with Crippen LogP contribution in [0.4, 0.5) is 8.78 Å². The van der Waals surface area contributed by atoms with E-state index in [1.54, 1.807) is 7.05 Å². The number of aliphatic imine (C=N–C) groups is 1. The van der Waals surface area contributed by atoms with Crippen molar-refractivity contribution in [3.05, 3.63) is 27.7 Å². The van der Waals surface area contributed by atoms with Crippen molar-refractivity contribution in [2.24, 2.45) is 10.9 Å². The zero-order valence-corrected chi connectivity index (χ0v) is 13.7. The molecular weight excluding hydrogens is 335 g/mol. The summed E-state index contributed by atoms with van der Waals surface area (Å²) in [5.41, 5.74) is 0.435. The first-order chi connectivity index (χ1) is 10.4. The number of alkyl halides is 2. The van der Waals surface area contributed by atoms with Crippen molar-refractivity contribution in [2.45, 2.75) is 32.5 Å². The van der Waals surface area contributed by atoms with Gasteiger partial charge in [-0.05, 0) is 24.5 Å². The quantitative estimate of drug-likeness (QED) is 0.628. The van der Waals surface area contributed by atoms with Crippen molar-refractivity contribution in [2.75, 3.05) is 7.05 Å². The molecule has 2 N–H and O–H groups in total. The number of ether oxygens (including phenoxy) is 1. The number of hydrogen-bond acceptors (Lipinski definition) is 2. The van der Waals surface area contributed by atoms with Gasteiger partial charge in [-0.2, -0.15) is 8.78 Å². The summed E-state index contributed by atoms with van der Waals surface area (Å²) in [7, 11) is 1.64. The van der Waals surface area contributed by atoms with Gasteiger partial charge in [0.2, 0.25) is 0 Å². The van der Waals surface area contributed by atoms with Crippen LogP contribution in [0.25, 0.3) is 0 Å². The molecule has 122 valence electrons. The van der Waals surface area contributed by atoms with Gasteiger partial charge in [0, 0.05) is 30.2 Å². The summed E-state index contributed by atoms with van der Waals surface area (Å²) in [6.45, 7) is -0.610. The minimum atomic E-state index is -2.96. The number of nitrogens with zero attached hydrogens (tertiary/aromatic N) is 1. The van der Waals surface area contributed by atoms with E-state index in [2.05, 4.69) is 27.3 Å². The molecule has 1 aliphatic carbocycles. The maximum Gasteiger partial charge on any atom is 0.387 e. The molecule has 1 saturated carbocycles. The van der Waals surface area contributed by atoms with Gasteiger partial charge in [0.1, 0.15) is 5.75 Å². The van der Waals surface area contributed by atoms with E-state index in [1.807, 2.05) is 0 Å². The number of hydrogen-bond donors (Lipinski definition) is 2. The van der Waals surface area contributed by atoms with Crippen LogP contribution < -0.4 is 15.4 Å². The van der Waals surface area contributed by atoms with Gasteiger partial charge >= 0.3 is 6.61 Å². The predicted octanol–water partition coefficient (Wildman–Crippen LogP) is 3.67. The lowest BCUT2D eigenvalue weighted by Crippen LogP contribution is -2.38. The maximum absolute atomic E-state index is 12.5. The minimum absolute atomic E-state index is 0.0448. The third-order valence-corrected chi connectivity index (χ3v) is 3.89. The Morgan fingerprint density at radius 1 is 1.45 bits per heavy atom. The van der Waals surface area contributed by atoms with Gasteiger partial charge < -0.3 is 15.4 Å². The van der Waals surface area contributed by atoms with Crippen LogP contribution in [0.3, 0.4) is 0 Å². The molecule has 2 rings (SSSR count). The normalized spacial score (nSPS) is 21.0. The molecule has 8 heteroatoms. The van der Waals surface area contributed by atoms with Crippen LogP contribution in [0, 0.1) is 5.92 Å². The standard InChI is InChI=1S/C14H17Cl2F2N3O/c1-7-3-11(7)21-14(19-2)20-6-8-4-9(15)5-10(16)12(8)22-13(17)18/h4-5,7,11,13H,3,6H2,1-2H3,(H2,19,20,21). The molecule has 1 aromatic rings.